The van der Waals surface area contributed by atoms with Crippen molar-refractivity contribution in [2.75, 3.05) is 12.8 Å². The quantitative estimate of drug-likeness (QED) is 0.348. The first-order valence-corrected chi connectivity index (χ1v) is 3.57. The predicted molar refractivity (Wildman–Crippen MR) is 47.0 cm³/mol. The summed E-state index contributed by atoms with van der Waals surface area (Å²) in [6.45, 7) is 0. The summed E-state index contributed by atoms with van der Waals surface area (Å²) in [5.74, 6) is -0.670. The number of rotatable bonds is 2. The Morgan fingerprint density at radius 1 is 1.62 bits per heavy atom. The number of benzene rings is 1. The molecule has 5 heteroatoms. The van der Waals surface area contributed by atoms with Crippen LogP contribution in [0.15, 0.2) is 18.2 Å². The molecule has 4 N–H and O–H groups in total. The Bertz CT molecular complexity index is 325. The van der Waals surface area contributed by atoms with Gasteiger partial charge in [-0.1, -0.05) is 0 Å². The molecule has 0 aliphatic rings. The zero-order chi connectivity index (χ0) is 9.84. The molecule has 1 amide bonds. The molecule has 0 fully saturated rings. The molecular weight excluding hydrogens is 172 g/mol. The molecule has 0 aliphatic heterocycles. The maximum Gasteiger partial charge on any atom is 0.278 e. The number of phenols is 1. The van der Waals surface area contributed by atoms with Gasteiger partial charge in [0.2, 0.25) is 0 Å². The Hall–Kier alpha value is -1.75. The lowest BCUT2D eigenvalue weighted by Crippen LogP contribution is -2.21. The van der Waals surface area contributed by atoms with Gasteiger partial charge in [0.05, 0.1) is 12.7 Å². The van der Waals surface area contributed by atoms with Gasteiger partial charge in [-0.25, -0.2) is 5.48 Å². The summed E-state index contributed by atoms with van der Waals surface area (Å²) >= 11 is 0. The highest BCUT2D eigenvalue weighted by molar-refractivity contribution is 5.96. The summed E-state index contributed by atoms with van der Waals surface area (Å²) in [7, 11) is 1.31. The second-order valence-corrected chi connectivity index (χ2v) is 2.41. The number of phenolic OH excluding ortho intramolecular Hbond substituents is 1. The molecule has 0 heterocycles. The monoisotopic (exact) mass is 182 g/mol. The molecule has 0 aliphatic carbocycles. The van der Waals surface area contributed by atoms with Gasteiger partial charge in [-0.2, -0.15) is 0 Å². The highest BCUT2D eigenvalue weighted by Gasteiger charge is 2.10. The molecule has 0 spiro atoms. The molecule has 0 radical (unpaired) electrons. The van der Waals surface area contributed by atoms with Crippen LogP contribution < -0.4 is 11.2 Å². The lowest BCUT2D eigenvalue weighted by atomic mass is 10.2. The topological polar surface area (TPSA) is 84.6 Å². The lowest BCUT2D eigenvalue weighted by Gasteiger charge is -2.04. The first-order valence-electron chi connectivity index (χ1n) is 3.57. The highest BCUT2D eigenvalue weighted by atomic mass is 16.6. The van der Waals surface area contributed by atoms with E-state index in [4.69, 9.17) is 5.73 Å². The number of amides is 1. The minimum atomic E-state index is -0.535. The molecule has 70 valence electrons. The van der Waals surface area contributed by atoms with Crippen molar-refractivity contribution < 1.29 is 14.7 Å². The van der Waals surface area contributed by atoms with Crippen molar-refractivity contribution in [2.24, 2.45) is 0 Å². The number of aromatic hydroxyl groups is 1. The molecule has 0 bridgehead atoms. The fourth-order valence-electron chi connectivity index (χ4n) is 0.883. The summed E-state index contributed by atoms with van der Waals surface area (Å²) in [4.78, 5) is 15.6. The van der Waals surface area contributed by atoms with E-state index < -0.39 is 5.91 Å². The van der Waals surface area contributed by atoms with Crippen molar-refractivity contribution in [2.45, 2.75) is 0 Å². The fourth-order valence-corrected chi connectivity index (χ4v) is 0.883. The van der Waals surface area contributed by atoms with Crippen LogP contribution in [0, 0.1) is 0 Å². The Labute approximate surface area is 75.1 Å². The molecule has 0 saturated heterocycles. The number of nitrogens with two attached hydrogens (primary N) is 1. The van der Waals surface area contributed by atoms with E-state index in [0.717, 1.165) is 0 Å². The Morgan fingerprint density at radius 2 is 2.31 bits per heavy atom. The number of nitrogens with one attached hydrogen (secondary N) is 1. The van der Waals surface area contributed by atoms with Crippen LogP contribution in [0.5, 0.6) is 5.75 Å². The zero-order valence-electron chi connectivity index (χ0n) is 7.07. The van der Waals surface area contributed by atoms with Gasteiger partial charge in [0.25, 0.3) is 5.91 Å². The second kappa shape index (κ2) is 3.77. The summed E-state index contributed by atoms with van der Waals surface area (Å²) in [5.41, 5.74) is 7.99. The van der Waals surface area contributed by atoms with E-state index >= 15 is 0 Å². The summed E-state index contributed by atoms with van der Waals surface area (Å²) in [6, 6.07) is 4.21. The van der Waals surface area contributed by atoms with Crippen molar-refractivity contribution in [1.82, 2.24) is 5.48 Å². The first kappa shape index (κ1) is 9.34. The molecular formula is C8H10N2O3. The number of carbonyl (C=O) groups is 1. The van der Waals surface area contributed by atoms with Crippen LogP contribution >= 0.6 is 0 Å². The molecule has 1 aromatic carbocycles. The maximum absolute atomic E-state index is 11.2. The van der Waals surface area contributed by atoms with Gasteiger partial charge in [0.15, 0.2) is 0 Å². The van der Waals surface area contributed by atoms with E-state index in [0.29, 0.717) is 5.69 Å². The van der Waals surface area contributed by atoms with E-state index in [1.807, 2.05) is 0 Å². The van der Waals surface area contributed by atoms with Crippen LogP contribution in [0.2, 0.25) is 0 Å². The van der Waals surface area contributed by atoms with Crippen molar-refractivity contribution in [3.63, 3.8) is 0 Å². The van der Waals surface area contributed by atoms with Crippen LogP contribution in [-0.4, -0.2) is 18.1 Å². The molecule has 1 aromatic rings. The average molecular weight is 182 g/mol. The number of nitrogen functional groups attached to an aromatic ring is 1. The smallest absolute Gasteiger partial charge is 0.278 e. The van der Waals surface area contributed by atoms with E-state index in [2.05, 4.69) is 10.3 Å². The van der Waals surface area contributed by atoms with Crippen LogP contribution in [0.3, 0.4) is 0 Å². The lowest BCUT2D eigenvalue weighted by molar-refractivity contribution is 0.0535. The minimum absolute atomic E-state index is 0.0850. The third kappa shape index (κ3) is 2.09. The Balaban J connectivity index is 2.99. The number of carbonyl (C=O) groups excluding carboxylic acids is 1. The Kier molecular flexibility index (Phi) is 2.71. The summed E-state index contributed by atoms with van der Waals surface area (Å²) in [6.07, 6.45) is 0. The number of hydrogen-bond acceptors (Lipinski definition) is 4. The average Bonchev–Trinajstić information content (AvgIpc) is 2.09. The molecule has 13 heavy (non-hydrogen) atoms. The second-order valence-electron chi connectivity index (χ2n) is 2.41. The van der Waals surface area contributed by atoms with Gasteiger partial charge in [-0.15, -0.1) is 0 Å². The van der Waals surface area contributed by atoms with Crippen molar-refractivity contribution in [3.05, 3.63) is 23.8 Å². The van der Waals surface area contributed by atoms with Crippen LogP contribution in [0.1, 0.15) is 10.4 Å². The molecule has 1 rings (SSSR count). The van der Waals surface area contributed by atoms with Gasteiger partial charge >= 0.3 is 0 Å². The largest absolute Gasteiger partial charge is 0.507 e. The van der Waals surface area contributed by atoms with E-state index in [-0.39, 0.29) is 11.3 Å². The molecule has 0 atom stereocenters. The van der Waals surface area contributed by atoms with Gasteiger partial charge < -0.3 is 10.8 Å². The first-order chi connectivity index (χ1) is 6.15. The number of hydroxylamine groups is 1. The minimum Gasteiger partial charge on any atom is -0.507 e. The van der Waals surface area contributed by atoms with Gasteiger partial charge in [0.1, 0.15) is 5.75 Å². The maximum atomic E-state index is 11.2. The van der Waals surface area contributed by atoms with Crippen LogP contribution in [0.25, 0.3) is 0 Å². The third-order valence-corrected chi connectivity index (χ3v) is 1.46. The highest BCUT2D eigenvalue weighted by Crippen LogP contribution is 2.19. The van der Waals surface area contributed by atoms with Gasteiger partial charge in [-0.3, -0.25) is 9.63 Å². The van der Waals surface area contributed by atoms with Crippen LogP contribution in [-0.2, 0) is 4.84 Å². The predicted octanol–water partition coefficient (Wildman–Crippen LogP) is 0.266. The standard InChI is InChI=1S/C8H10N2O3/c1-13-10-8(12)6-4-5(9)2-3-7(6)11/h2-4,11H,9H2,1H3,(H,10,12). The molecule has 0 saturated carbocycles. The molecule has 0 unspecified atom stereocenters. The van der Waals surface area contributed by atoms with E-state index in [1.165, 1.54) is 25.3 Å². The van der Waals surface area contributed by atoms with Crippen LogP contribution in [0.4, 0.5) is 5.69 Å². The zero-order valence-corrected chi connectivity index (χ0v) is 7.07. The van der Waals surface area contributed by atoms with Gasteiger partial charge in [-0.05, 0) is 18.2 Å². The molecule has 0 aromatic heterocycles. The summed E-state index contributed by atoms with van der Waals surface area (Å²) in [5, 5.41) is 9.26. The van der Waals surface area contributed by atoms with Gasteiger partial charge in [0, 0.05) is 5.69 Å². The number of hydrogen-bond donors (Lipinski definition) is 3. The summed E-state index contributed by atoms with van der Waals surface area (Å²) < 4.78 is 0. The van der Waals surface area contributed by atoms with Crippen molar-refractivity contribution >= 4 is 11.6 Å². The fraction of sp³-hybridized carbons (Fsp3) is 0.125. The van der Waals surface area contributed by atoms with E-state index in [9.17, 15) is 9.90 Å². The SMILES string of the molecule is CONC(=O)c1cc(N)ccc1O. The Morgan fingerprint density at radius 3 is 2.92 bits per heavy atom. The van der Waals surface area contributed by atoms with E-state index in [1.54, 1.807) is 0 Å². The number of anilines is 1. The van der Waals surface area contributed by atoms with Crippen molar-refractivity contribution in [3.8, 4) is 5.75 Å². The molecule has 5 nitrogen and oxygen atoms in total. The normalized spacial score (nSPS) is 9.62. The third-order valence-electron chi connectivity index (χ3n) is 1.46. The van der Waals surface area contributed by atoms with Crippen molar-refractivity contribution in [1.29, 1.82) is 0 Å².